The van der Waals surface area contributed by atoms with Gasteiger partial charge in [0, 0.05) is 35.9 Å². The van der Waals surface area contributed by atoms with Gasteiger partial charge in [0.25, 0.3) is 0 Å². The number of benzene rings is 2. The van der Waals surface area contributed by atoms with Crippen LogP contribution < -0.4 is 22.5 Å². The Kier molecular flexibility index (Phi) is 4.32. The molecule has 8 N–H and O–H groups in total. The Morgan fingerprint density at radius 2 is 1.75 bits per heavy atom. The first-order chi connectivity index (χ1) is 9.58. The number of anilines is 4. The third-order valence-electron chi connectivity index (χ3n) is 3.07. The Hall–Kier alpha value is -2.40. The zero-order valence-corrected chi connectivity index (χ0v) is 11.3. The van der Waals surface area contributed by atoms with Gasteiger partial charge < -0.3 is 27.6 Å². The van der Waals surface area contributed by atoms with E-state index in [1.165, 1.54) is 0 Å². The van der Waals surface area contributed by atoms with Gasteiger partial charge in [-0.2, -0.15) is 0 Å². The van der Waals surface area contributed by atoms with Crippen molar-refractivity contribution in [1.29, 1.82) is 0 Å². The van der Waals surface area contributed by atoms with Crippen LogP contribution in [0.25, 0.3) is 0 Å². The van der Waals surface area contributed by atoms with Crippen LogP contribution in [0.5, 0.6) is 0 Å². The predicted octanol–water partition coefficient (Wildman–Crippen LogP) is 1.58. The third-order valence-corrected chi connectivity index (χ3v) is 3.07. The summed E-state index contributed by atoms with van der Waals surface area (Å²) < 4.78 is 0. The minimum atomic E-state index is 0.102. The normalized spacial score (nSPS) is 10.4. The summed E-state index contributed by atoms with van der Waals surface area (Å²) >= 11 is 0. The Balaban J connectivity index is 2.12. The van der Waals surface area contributed by atoms with Gasteiger partial charge in [-0.1, -0.05) is 0 Å². The minimum Gasteiger partial charge on any atom is -0.399 e. The largest absolute Gasteiger partial charge is 0.399 e. The molecule has 20 heavy (non-hydrogen) atoms. The second kappa shape index (κ2) is 6.16. The lowest BCUT2D eigenvalue weighted by Gasteiger charge is -2.12. The summed E-state index contributed by atoms with van der Waals surface area (Å²) in [6, 6.07) is 11.1. The van der Waals surface area contributed by atoms with Gasteiger partial charge in [0.15, 0.2) is 0 Å². The number of aliphatic hydroxyl groups is 1. The Labute approximate surface area is 118 Å². The van der Waals surface area contributed by atoms with E-state index in [9.17, 15) is 0 Å². The maximum absolute atomic E-state index is 8.98. The standard InChI is InChI=1S/C15H20N4O/c16-12-1-2-15(18)11(7-12)9-19-14-6-10(3-4-20)5-13(17)8-14/h1-2,5-8,19-20H,3-4,9,16-18H2. The molecular formula is C15H20N4O. The van der Waals surface area contributed by atoms with E-state index in [2.05, 4.69) is 5.32 Å². The Morgan fingerprint density at radius 1 is 0.950 bits per heavy atom. The van der Waals surface area contributed by atoms with Crippen LogP contribution in [-0.4, -0.2) is 11.7 Å². The molecule has 106 valence electrons. The third kappa shape index (κ3) is 3.55. The molecule has 0 aliphatic carbocycles. The van der Waals surface area contributed by atoms with E-state index in [4.69, 9.17) is 22.3 Å². The van der Waals surface area contributed by atoms with Crippen molar-refractivity contribution in [3.05, 3.63) is 47.5 Å². The maximum atomic E-state index is 8.98. The highest BCUT2D eigenvalue weighted by molar-refractivity contribution is 5.60. The van der Waals surface area contributed by atoms with E-state index in [1.54, 1.807) is 12.1 Å². The van der Waals surface area contributed by atoms with Gasteiger partial charge in [-0.25, -0.2) is 0 Å². The van der Waals surface area contributed by atoms with Crippen LogP contribution in [0.3, 0.4) is 0 Å². The van der Waals surface area contributed by atoms with E-state index in [0.717, 1.165) is 16.8 Å². The minimum absolute atomic E-state index is 0.102. The molecule has 2 aromatic rings. The van der Waals surface area contributed by atoms with Crippen molar-refractivity contribution in [2.45, 2.75) is 13.0 Å². The van der Waals surface area contributed by atoms with Gasteiger partial charge in [-0.15, -0.1) is 0 Å². The first-order valence-electron chi connectivity index (χ1n) is 6.46. The molecule has 0 saturated heterocycles. The van der Waals surface area contributed by atoms with Crippen molar-refractivity contribution < 1.29 is 5.11 Å². The highest BCUT2D eigenvalue weighted by Gasteiger charge is 2.02. The molecular weight excluding hydrogens is 252 g/mol. The van der Waals surface area contributed by atoms with Gasteiger partial charge in [0.05, 0.1) is 0 Å². The van der Waals surface area contributed by atoms with Crippen molar-refractivity contribution in [3.8, 4) is 0 Å². The summed E-state index contributed by atoms with van der Waals surface area (Å²) in [5.74, 6) is 0. The van der Waals surface area contributed by atoms with Gasteiger partial charge in [0.2, 0.25) is 0 Å². The molecule has 0 amide bonds. The molecule has 0 saturated carbocycles. The molecule has 5 heteroatoms. The van der Waals surface area contributed by atoms with E-state index < -0.39 is 0 Å². The van der Waals surface area contributed by atoms with Crippen LogP contribution in [0.15, 0.2) is 36.4 Å². The highest BCUT2D eigenvalue weighted by Crippen LogP contribution is 2.20. The quantitative estimate of drug-likeness (QED) is 0.531. The monoisotopic (exact) mass is 272 g/mol. The highest BCUT2D eigenvalue weighted by atomic mass is 16.2. The van der Waals surface area contributed by atoms with Gasteiger partial charge in [-0.05, 0) is 53.9 Å². The number of aliphatic hydroxyl groups excluding tert-OH is 1. The molecule has 0 aliphatic heterocycles. The summed E-state index contributed by atoms with van der Waals surface area (Å²) in [6.07, 6.45) is 0.583. The average Bonchev–Trinajstić information content (AvgIpc) is 2.40. The van der Waals surface area contributed by atoms with Crippen LogP contribution in [-0.2, 0) is 13.0 Å². The summed E-state index contributed by atoms with van der Waals surface area (Å²) in [4.78, 5) is 0. The van der Waals surface area contributed by atoms with Crippen molar-refractivity contribution in [3.63, 3.8) is 0 Å². The smallest absolute Gasteiger partial charge is 0.0471 e. The summed E-state index contributed by atoms with van der Waals surface area (Å²) in [5, 5.41) is 12.3. The van der Waals surface area contributed by atoms with Gasteiger partial charge in [0.1, 0.15) is 0 Å². The fourth-order valence-corrected chi connectivity index (χ4v) is 2.07. The van der Waals surface area contributed by atoms with Gasteiger partial charge >= 0.3 is 0 Å². The summed E-state index contributed by atoms with van der Waals surface area (Å²) in [6.45, 7) is 0.671. The SMILES string of the molecule is Nc1cc(CCO)cc(NCc2cc(N)ccc2N)c1. The number of nitrogens with one attached hydrogen (secondary N) is 1. The van der Waals surface area contributed by atoms with Gasteiger partial charge in [-0.3, -0.25) is 0 Å². The van der Waals surface area contributed by atoms with E-state index in [-0.39, 0.29) is 6.61 Å². The second-order valence-corrected chi connectivity index (χ2v) is 4.75. The molecule has 0 aromatic heterocycles. The summed E-state index contributed by atoms with van der Waals surface area (Å²) in [7, 11) is 0. The molecule has 0 aliphatic rings. The molecule has 5 nitrogen and oxygen atoms in total. The lowest BCUT2D eigenvalue weighted by Crippen LogP contribution is -2.05. The van der Waals surface area contributed by atoms with Crippen LogP contribution in [0, 0.1) is 0 Å². The number of nitrogen functional groups attached to an aromatic ring is 3. The topological polar surface area (TPSA) is 110 Å². The van der Waals surface area contributed by atoms with E-state index >= 15 is 0 Å². The molecule has 0 unspecified atom stereocenters. The Morgan fingerprint density at radius 3 is 2.50 bits per heavy atom. The fourth-order valence-electron chi connectivity index (χ4n) is 2.07. The van der Waals surface area contributed by atoms with Crippen molar-refractivity contribution in [1.82, 2.24) is 0 Å². The first-order valence-corrected chi connectivity index (χ1v) is 6.46. The zero-order chi connectivity index (χ0) is 14.5. The molecule has 0 spiro atoms. The molecule has 2 rings (SSSR count). The molecule has 0 atom stereocenters. The van der Waals surface area contributed by atoms with Crippen molar-refractivity contribution >= 4 is 22.7 Å². The van der Waals surface area contributed by atoms with Crippen molar-refractivity contribution in [2.75, 3.05) is 29.1 Å². The predicted molar refractivity (Wildman–Crippen MR) is 84.2 cm³/mol. The van der Waals surface area contributed by atoms with Crippen LogP contribution >= 0.6 is 0 Å². The number of hydrogen-bond donors (Lipinski definition) is 5. The fraction of sp³-hybridized carbons (Fsp3) is 0.200. The van der Waals surface area contributed by atoms with E-state index in [1.807, 2.05) is 24.3 Å². The molecule has 0 bridgehead atoms. The first kappa shape index (κ1) is 14.0. The van der Waals surface area contributed by atoms with Crippen molar-refractivity contribution in [2.24, 2.45) is 0 Å². The molecule has 0 heterocycles. The zero-order valence-electron chi connectivity index (χ0n) is 11.3. The lowest BCUT2D eigenvalue weighted by atomic mass is 10.1. The Bertz CT molecular complexity index is 598. The lowest BCUT2D eigenvalue weighted by molar-refractivity contribution is 0.299. The number of hydrogen-bond acceptors (Lipinski definition) is 5. The van der Waals surface area contributed by atoms with Crippen LogP contribution in [0.2, 0.25) is 0 Å². The average molecular weight is 272 g/mol. The number of rotatable bonds is 5. The number of nitrogens with two attached hydrogens (primary N) is 3. The van der Waals surface area contributed by atoms with Crippen LogP contribution in [0.4, 0.5) is 22.7 Å². The van der Waals surface area contributed by atoms with E-state index in [0.29, 0.717) is 30.0 Å². The summed E-state index contributed by atoms with van der Waals surface area (Å²) in [5.41, 5.74) is 22.4. The second-order valence-electron chi connectivity index (χ2n) is 4.75. The maximum Gasteiger partial charge on any atom is 0.0471 e. The van der Waals surface area contributed by atoms with Crippen LogP contribution in [0.1, 0.15) is 11.1 Å². The molecule has 0 radical (unpaired) electrons. The molecule has 2 aromatic carbocycles. The molecule has 0 fully saturated rings.